The molecule has 2 heterocycles. The quantitative estimate of drug-likeness (QED) is 0.908. The van der Waals surface area contributed by atoms with Crippen molar-refractivity contribution in [2.45, 2.75) is 26.3 Å². The Morgan fingerprint density at radius 1 is 1.42 bits per heavy atom. The van der Waals surface area contributed by atoms with Gasteiger partial charge < -0.3 is 10.5 Å². The van der Waals surface area contributed by atoms with Gasteiger partial charge in [0.2, 0.25) is 0 Å². The Bertz CT molecular complexity index is 577. The second-order valence-electron chi connectivity index (χ2n) is 4.67. The van der Waals surface area contributed by atoms with E-state index >= 15 is 0 Å². The Labute approximate surface area is 113 Å². The molecule has 0 spiro atoms. The summed E-state index contributed by atoms with van der Waals surface area (Å²) in [4.78, 5) is 4.33. The summed E-state index contributed by atoms with van der Waals surface area (Å²) in [6, 6.07) is 3.53. The highest BCUT2D eigenvalue weighted by atomic mass is 16.5. The maximum Gasteiger partial charge on any atom is 0.141 e. The summed E-state index contributed by atoms with van der Waals surface area (Å²) >= 11 is 0. The lowest BCUT2D eigenvalue weighted by Gasteiger charge is -2.14. The Hall–Kier alpha value is -1.88. The number of nitrogens with zero attached hydrogens (tertiary/aromatic N) is 3. The molecule has 0 aromatic carbocycles. The van der Waals surface area contributed by atoms with E-state index in [4.69, 9.17) is 10.5 Å². The van der Waals surface area contributed by atoms with Gasteiger partial charge in [-0.05, 0) is 38.0 Å². The molecule has 2 aromatic rings. The standard InChI is InChI=1S/C14H20N4O/c1-9-11(10(2)18(3)17-9)8-12(15)14-13(19-4)6-5-7-16-14/h5-7,12H,8,15H2,1-4H3. The average molecular weight is 260 g/mol. The lowest BCUT2D eigenvalue weighted by Crippen LogP contribution is -2.16. The van der Waals surface area contributed by atoms with Gasteiger partial charge in [-0.2, -0.15) is 5.10 Å². The number of methoxy groups -OCH3 is 1. The van der Waals surface area contributed by atoms with Crippen molar-refractivity contribution >= 4 is 0 Å². The van der Waals surface area contributed by atoms with Crippen LogP contribution in [-0.4, -0.2) is 21.9 Å². The molecule has 5 nitrogen and oxygen atoms in total. The normalized spacial score (nSPS) is 12.5. The number of ether oxygens (including phenoxy) is 1. The van der Waals surface area contributed by atoms with Gasteiger partial charge in [0, 0.05) is 18.9 Å². The molecule has 2 aromatic heterocycles. The highest BCUT2D eigenvalue weighted by Gasteiger charge is 2.18. The minimum atomic E-state index is -0.197. The number of aromatic nitrogens is 3. The van der Waals surface area contributed by atoms with Gasteiger partial charge >= 0.3 is 0 Å². The molecule has 102 valence electrons. The summed E-state index contributed by atoms with van der Waals surface area (Å²) in [6.45, 7) is 4.06. The van der Waals surface area contributed by atoms with Crippen molar-refractivity contribution in [1.82, 2.24) is 14.8 Å². The monoisotopic (exact) mass is 260 g/mol. The minimum Gasteiger partial charge on any atom is -0.495 e. The van der Waals surface area contributed by atoms with Gasteiger partial charge in [0.1, 0.15) is 5.75 Å². The first-order valence-corrected chi connectivity index (χ1v) is 6.28. The van der Waals surface area contributed by atoms with Gasteiger partial charge in [-0.3, -0.25) is 9.67 Å². The first kappa shape index (κ1) is 13.5. The van der Waals surface area contributed by atoms with Gasteiger partial charge in [-0.1, -0.05) is 0 Å². The number of rotatable bonds is 4. The van der Waals surface area contributed by atoms with Crippen molar-refractivity contribution in [2.75, 3.05) is 7.11 Å². The van der Waals surface area contributed by atoms with Crippen molar-refractivity contribution in [2.24, 2.45) is 12.8 Å². The molecule has 2 rings (SSSR count). The molecule has 0 fully saturated rings. The largest absolute Gasteiger partial charge is 0.495 e. The van der Waals surface area contributed by atoms with E-state index in [-0.39, 0.29) is 6.04 Å². The number of aryl methyl sites for hydroxylation is 2. The van der Waals surface area contributed by atoms with Crippen LogP contribution in [0.25, 0.3) is 0 Å². The molecular weight excluding hydrogens is 240 g/mol. The molecule has 5 heteroatoms. The smallest absolute Gasteiger partial charge is 0.141 e. The van der Waals surface area contributed by atoms with Crippen LogP contribution in [0.15, 0.2) is 18.3 Å². The van der Waals surface area contributed by atoms with E-state index in [2.05, 4.69) is 17.0 Å². The average Bonchev–Trinajstić information content (AvgIpc) is 2.65. The Kier molecular flexibility index (Phi) is 3.85. The van der Waals surface area contributed by atoms with E-state index in [1.165, 1.54) is 5.56 Å². The third kappa shape index (κ3) is 2.61. The zero-order valence-corrected chi connectivity index (χ0v) is 11.8. The van der Waals surface area contributed by atoms with Gasteiger partial charge in [-0.15, -0.1) is 0 Å². The number of pyridine rings is 1. The van der Waals surface area contributed by atoms with E-state index in [1.54, 1.807) is 13.3 Å². The van der Waals surface area contributed by atoms with E-state index < -0.39 is 0 Å². The molecule has 19 heavy (non-hydrogen) atoms. The van der Waals surface area contributed by atoms with Crippen molar-refractivity contribution in [3.8, 4) is 5.75 Å². The molecule has 0 bridgehead atoms. The first-order valence-electron chi connectivity index (χ1n) is 6.28. The third-order valence-electron chi connectivity index (χ3n) is 3.45. The third-order valence-corrected chi connectivity index (χ3v) is 3.45. The van der Waals surface area contributed by atoms with Crippen molar-refractivity contribution in [1.29, 1.82) is 0 Å². The molecule has 0 saturated carbocycles. The van der Waals surface area contributed by atoms with Crippen LogP contribution in [0.4, 0.5) is 0 Å². The SMILES string of the molecule is COc1cccnc1C(N)Cc1c(C)nn(C)c1C. The number of nitrogens with two attached hydrogens (primary N) is 1. The van der Waals surface area contributed by atoms with Crippen molar-refractivity contribution in [3.63, 3.8) is 0 Å². The Morgan fingerprint density at radius 2 is 2.16 bits per heavy atom. The summed E-state index contributed by atoms with van der Waals surface area (Å²) < 4.78 is 7.19. The molecule has 2 N–H and O–H groups in total. The Morgan fingerprint density at radius 3 is 2.74 bits per heavy atom. The van der Waals surface area contributed by atoms with Crippen LogP contribution in [0.2, 0.25) is 0 Å². The topological polar surface area (TPSA) is 66.0 Å². The predicted octanol–water partition coefficient (Wildman–Crippen LogP) is 1.68. The molecule has 0 aliphatic carbocycles. The Balaban J connectivity index is 2.28. The molecular formula is C14H20N4O. The van der Waals surface area contributed by atoms with Gasteiger partial charge in [0.25, 0.3) is 0 Å². The van der Waals surface area contributed by atoms with Gasteiger partial charge in [-0.25, -0.2) is 0 Å². The fourth-order valence-corrected chi connectivity index (χ4v) is 2.28. The molecule has 1 atom stereocenters. The lowest BCUT2D eigenvalue weighted by molar-refractivity contribution is 0.401. The molecule has 0 aliphatic heterocycles. The maximum absolute atomic E-state index is 6.27. The van der Waals surface area contributed by atoms with E-state index in [1.807, 2.05) is 30.8 Å². The summed E-state index contributed by atoms with van der Waals surface area (Å²) in [5.74, 6) is 0.731. The van der Waals surface area contributed by atoms with Crippen LogP contribution in [0.1, 0.15) is 28.7 Å². The summed E-state index contributed by atoms with van der Waals surface area (Å²) in [7, 11) is 3.58. The summed E-state index contributed by atoms with van der Waals surface area (Å²) in [6.07, 6.45) is 2.44. The first-order chi connectivity index (χ1) is 9.04. The van der Waals surface area contributed by atoms with Crippen LogP contribution in [0.3, 0.4) is 0 Å². The molecule has 0 aliphatic rings. The molecule has 0 radical (unpaired) electrons. The van der Waals surface area contributed by atoms with E-state index in [0.29, 0.717) is 6.42 Å². The number of hydrogen-bond acceptors (Lipinski definition) is 4. The van der Waals surface area contributed by atoms with Crippen molar-refractivity contribution < 1.29 is 4.74 Å². The second kappa shape index (κ2) is 5.40. The minimum absolute atomic E-state index is 0.197. The van der Waals surface area contributed by atoms with Crippen LogP contribution in [0, 0.1) is 13.8 Å². The predicted molar refractivity (Wildman–Crippen MR) is 74.1 cm³/mol. The summed E-state index contributed by atoms with van der Waals surface area (Å²) in [5, 5.41) is 4.41. The molecule has 0 amide bonds. The van der Waals surface area contributed by atoms with Crippen LogP contribution < -0.4 is 10.5 Å². The highest BCUT2D eigenvalue weighted by Crippen LogP contribution is 2.25. The fourth-order valence-electron chi connectivity index (χ4n) is 2.28. The maximum atomic E-state index is 6.27. The molecule has 0 saturated heterocycles. The summed E-state index contributed by atoms with van der Waals surface area (Å²) in [5.41, 5.74) is 10.4. The van der Waals surface area contributed by atoms with Crippen LogP contribution >= 0.6 is 0 Å². The van der Waals surface area contributed by atoms with Gasteiger partial charge in [0.05, 0.1) is 24.5 Å². The number of hydrogen-bond donors (Lipinski definition) is 1. The lowest BCUT2D eigenvalue weighted by atomic mass is 10.0. The fraction of sp³-hybridized carbons (Fsp3) is 0.429. The van der Waals surface area contributed by atoms with Crippen molar-refractivity contribution in [3.05, 3.63) is 41.0 Å². The zero-order chi connectivity index (χ0) is 14.0. The van der Waals surface area contributed by atoms with E-state index in [0.717, 1.165) is 22.8 Å². The highest BCUT2D eigenvalue weighted by molar-refractivity contribution is 5.32. The van der Waals surface area contributed by atoms with Crippen LogP contribution in [-0.2, 0) is 13.5 Å². The van der Waals surface area contributed by atoms with Gasteiger partial charge in [0.15, 0.2) is 0 Å². The van der Waals surface area contributed by atoms with Crippen LogP contribution in [0.5, 0.6) is 5.75 Å². The second-order valence-corrected chi connectivity index (χ2v) is 4.67. The molecule has 1 unspecified atom stereocenters. The van der Waals surface area contributed by atoms with E-state index in [9.17, 15) is 0 Å². The zero-order valence-electron chi connectivity index (χ0n) is 11.8.